The van der Waals surface area contributed by atoms with Crippen molar-refractivity contribution in [1.29, 1.82) is 0 Å². The standard InChI is InChI=1S/C19H14BrClN2O4/c1-26-18(24)15-16(11-8-9-13(20)14(21)10-11)22-23(17(15)19(25)27-2)12-6-4-3-5-7-12/h3-10H,1-2H3. The number of aromatic nitrogens is 2. The minimum Gasteiger partial charge on any atom is -0.465 e. The van der Waals surface area contributed by atoms with Crippen LogP contribution in [0.15, 0.2) is 53.0 Å². The maximum Gasteiger partial charge on any atom is 0.357 e. The predicted octanol–water partition coefficient (Wildman–Crippen LogP) is 4.53. The topological polar surface area (TPSA) is 70.4 Å². The second-order valence-corrected chi connectivity index (χ2v) is 6.69. The van der Waals surface area contributed by atoms with Crippen LogP contribution in [0.25, 0.3) is 16.9 Å². The Bertz CT molecular complexity index is 1020. The van der Waals surface area contributed by atoms with Gasteiger partial charge >= 0.3 is 11.9 Å². The third-order valence-electron chi connectivity index (χ3n) is 3.85. The highest BCUT2D eigenvalue weighted by Gasteiger charge is 2.31. The van der Waals surface area contributed by atoms with Gasteiger partial charge < -0.3 is 9.47 Å². The molecule has 0 spiro atoms. The highest BCUT2D eigenvalue weighted by molar-refractivity contribution is 9.10. The number of para-hydroxylation sites is 1. The Morgan fingerprint density at radius 3 is 2.30 bits per heavy atom. The van der Waals surface area contributed by atoms with Crippen molar-refractivity contribution in [2.45, 2.75) is 0 Å². The molecule has 0 saturated carbocycles. The number of carbonyl (C=O) groups is 2. The highest BCUT2D eigenvalue weighted by Crippen LogP contribution is 2.33. The van der Waals surface area contributed by atoms with Crippen molar-refractivity contribution >= 4 is 39.5 Å². The first-order valence-electron chi connectivity index (χ1n) is 7.78. The number of carbonyl (C=O) groups excluding carboxylic acids is 2. The highest BCUT2D eigenvalue weighted by atomic mass is 79.9. The Hall–Kier alpha value is -2.64. The third kappa shape index (κ3) is 3.61. The summed E-state index contributed by atoms with van der Waals surface area (Å²) in [6.07, 6.45) is 0. The van der Waals surface area contributed by atoms with Gasteiger partial charge in [0.2, 0.25) is 0 Å². The molecule has 0 radical (unpaired) electrons. The van der Waals surface area contributed by atoms with Crippen molar-refractivity contribution in [1.82, 2.24) is 9.78 Å². The van der Waals surface area contributed by atoms with Crippen LogP contribution in [0.2, 0.25) is 5.02 Å². The summed E-state index contributed by atoms with van der Waals surface area (Å²) in [5.41, 5.74) is 1.40. The monoisotopic (exact) mass is 448 g/mol. The van der Waals surface area contributed by atoms with Gasteiger partial charge in [-0.05, 0) is 40.2 Å². The van der Waals surface area contributed by atoms with E-state index in [1.54, 1.807) is 42.5 Å². The smallest absolute Gasteiger partial charge is 0.357 e. The zero-order valence-electron chi connectivity index (χ0n) is 14.4. The van der Waals surface area contributed by atoms with E-state index in [9.17, 15) is 9.59 Å². The normalized spacial score (nSPS) is 10.5. The molecule has 0 fully saturated rings. The predicted molar refractivity (Wildman–Crippen MR) is 104 cm³/mol. The Balaban J connectivity index is 2.36. The minimum atomic E-state index is -0.707. The molecule has 0 saturated heterocycles. The van der Waals surface area contributed by atoms with Crippen LogP contribution in [-0.4, -0.2) is 35.9 Å². The number of halogens is 2. The van der Waals surface area contributed by atoms with Crippen molar-refractivity contribution in [2.75, 3.05) is 14.2 Å². The van der Waals surface area contributed by atoms with Gasteiger partial charge in [0.25, 0.3) is 0 Å². The molecule has 0 aliphatic rings. The summed E-state index contributed by atoms with van der Waals surface area (Å²) in [7, 11) is 2.48. The lowest BCUT2D eigenvalue weighted by Gasteiger charge is -2.07. The van der Waals surface area contributed by atoms with E-state index in [0.29, 0.717) is 20.7 Å². The van der Waals surface area contributed by atoms with Crippen LogP contribution < -0.4 is 0 Å². The summed E-state index contributed by atoms with van der Waals surface area (Å²) < 4.78 is 11.8. The average molecular weight is 450 g/mol. The molecule has 0 atom stereocenters. The summed E-state index contributed by atoms with van der Waals surface area (Å²) in [5, 5.41) is 4.94. The Morgan fingerprint density at radius 2 is 1.70 bits per heavy atom. The van der Waals surface area contributed by atoms with Crippen molar-refractivity contribution in [3.63, 3.8) is 0 Å². The fourth-order valence-electron chi connectivity index (χ4n) is 2.60. The van der Waals surface area contributed by atoms with Crippen molar-refractivity contribution in [2.24, 2.45) is 0 Å². The Morgan fingerprint density at radius 1 is 1.04 bits per heavy atom. The molecule has 8 heteroatoms. The van der Waals surface area contributed by atoms with E-state index in [1.165, 1.54) is 18.9 Å². The van der Waals surface area contributed by atoms with E-state index in [4.69, 9.17) is 21.1 Å². The van der Waals surface area contributed by atoms with Crippen molar-refractivity contribution in [3.05, 3.63) is 69.3 Å². The molecular weight excluding hydrogens is 436 g/mol. The second kappa shape index (κ2) is 7.94. The first-order chi connectivity index (χ1) is 13.0. The zero-order valence-corrected chi connectivity index (χ0v) is 16.7. The van der Waals surface area contributed by atoms with E-state index in [0.717, 1.165) is 0 Å². The molecule has 1 heterocycles. The molecule has 3 rings (SSSR count). The molecule has 0 unspecified atom stereocenters. The van der Waals surface area contributed by atoms with Crippen molar-refractivity contribution in [3.8, 4) is 16.9 Å². The molecule has 138 valence electrons. The van der Waals surface area contributed by atoms with Gasteiger partial charge in [-0.3, -0.25) is 0 Å². The maximum atomic E-state index is 12.5. The van der Waals surface area contributed by atoms with Crippen LogP contribution >= 0.6 is 27.5 Å². The van der Waals surface area contributed by atoms with Gasteiger partial charge in [0.05, 0.1) is 24.9 Å². The van der Waals surface area contributed by atoms with E-state index < -0.39 is 11.9 Å². The molecule has 0 aliphatic carbocycles. The molecule has 0 N–H and O–H groups in total. The van der Waals surface area contributed by atoms with Gasteiger partial charge in [-0.2, -0.15) is 5.10 Å². The van der Waals surface area contributed by atoms with Crippen LogP contribution in [0.3, 0.4) is 0 Å². The van der Waals surface area contributed by atoms with Crippen LogP contribution in [0.5, 0.6) is 0 Å². The van der Waals surface area contributed by atoms with Crippen molar-refractivity contribution < 1.29 is 19.1 Å². The fourth-order valence-corrected chi connectivity index (χ4v) is 3.03. The quantitative estimate of drug-likeness (QED) is 0.547. The molecule has 0 aliphatic heterocycles. The summed E-state index contributed by atoms with van der Waals surface area (Å²) in [5.74, 6) is -1.41. The molecular formula is C19H14BrClN2O4. The molecule has 2 aromatic carbocycles. The van der Waals surface area contributed by atoms with Gasteiger partial charge in [0.15, 0.2) is 5.69 Å². The number of benzene rings is 2. The number of hydrogen-bond acceptors (Lipinski definition) is 5. The summed E-state index contributed by atoms with van der Waals surface area (Å²) in [4.78, 5) is 25.0. The number of rotatable bonds is 4. The average Bonchev–Trinajstić information content (AvgIpc) is 3.10. The largest absolute Gasteiger partial charge is 0.465 e. The van der Waals surface area contributed by atoms with Crippen LogP contribution in [0, 0.1) is 0 Å². The molecule has 1 aromatic heterocycles. The number of nitrogens with zero attached hydrogens (tertiary/aromatic N) is 2. The number of hydrogen-bond donors (Lipinski definition) is 0. The Labute approximate surface area is 168 Å². The lowest BCUT2D eigenvalue weighted by atomic mass is 10.1. The molecule has 27 heavy (non-hydrogen) atoms. The number of ether oxygens (including phenoxy) is 2. The minimum absolute atomic E-state index is 0.00610. The van der Waals surface area contributed by atoms with E-state index in [-0.39, 0.29) is 17.0 Å². The van der Waals surface area contributed by atoms with Gasteiger partial charge in [0.1, 0.15) is 11.3 Å². The number of esters is 2. The third-order valence-corrected chi connectivity index (χ3v) is 5.08. The molecule has 3 aromatic rings. The van der Waals surface area contributed by atoms with E-state index in [2.05, 4.69) is 21.0 Å². The second-order valence-electron chi connectivity index (χ2n) is 5.43. The molecule has 6 nitrogen and oxygen atoms in total. The fraction of sp³-hybridized carbons (Fsp3) is 0.105. The first-order valence-corrected chi connectivity index (χ1v) is 8.95. The Kier molecular flexibility index (Phi) is 5.62. The molecule has 0 amide bonds. The van der Waals surface area contributed by atoms with Gasteiger partial charge in [-0.15, -0.1) is 0 Å². The SMILES string of the molecule is COC(=O)c1c(-c2ccc(Br)c(Cl)c2)nn(-c2ccccc2)c1C(=O)OC. The number of methoxy groups -OCH3 is 2. The van der Waals surface area contributed by atoms with Gasteiger partial charge in [-0.25, -0.2) is 14.3 Å². The summed E-state index contributed by atoms with van der Waals surface area (Å²) in [6, 6.07) is 14.1. The lowest BCUT2D eigenvalue weighted by molar-refractivity contribution is 0.0549. The van der Waals surface area contributed by atoms with E-state index in [1.807, 2.05) is 6.07 Å². The maximum absolute atomic E-state index is 12.5. The van der Waals surface area contributed by atoms with Gasteiger partial charge in [-0.1, -0.05) is 35.9 Å². The van der Waals surface area contributed by atoms with Crippen LogP contribution in [-0.2, 0) is 9.47 Å². The first kappa shape index (κ1) is 19.1. The van der Waals surface area contributed by atoms with Gasteiger partial charge in [0, 0.05) is 10.0 Å². The van der Waals surface area contributed by atoms with Crippen LogP contribution in [0.1, 0.15) is 20.8 Å². The summed E-state index contributed by atoms with van der Waals surface area (Å²) >= 11 is 9.52. The van der Waals surface area contributed by atoms with E-state index >= 15 is 0 Å². The zero-order chi connectivity index (χ0) is 19.6. The lowest BCUT2D eigenvalue weighted by Crippen LogP contribution is -2.15. The summed E-state index contributed by atoms with van der Waals surface area (Å²) in [6.45, 7) is 0. The van der Waals surface area contributed by atoms with Crippen LogP contribution in [0.4, 0.5) is 0 Å². The molecule has 0 bridgehead atoms.